The van der Waals surface area contributed by atoms with Gasteiger partial charge in [0.05, 0.1) is 6.10 Å². The first-order chi connectivity index (χ1) is 13.2. The number of piperidine rings is 1. The molecule has 154 valence electrons. The van der Waals surface area contributed by atoms with Crippen molar-refractivity contribution >= 4 is 23.4 Å². The molecule has 1 atom stereocenters. The Hall–Kier alpha value is -2.54. The van der Waals surface area contributed by atoms with Crippen LogP contribution in [0.4, 0.5) is 11.5 Å². The highest BCUT2D eigenvalue weighted by Gasteiger charge is 2.35. The number of aromatic nitrogens is 1. The second kappa shape index (κ2) is 9.10. The molecule has 0 amide bonds. The number of aliphatic hydroxyl groups excluding tert-OH is 1. The number of anilines is 1. The smallest absolute Gasteiger partial charge is 0.156 e. The zero-order valence-electron chi connectivity index (χ0n) is 17.7. The van der Waals surface area contributed by atoms with E-state index in [2.05, 4.69) is 47.9 Å². The number of allylic oxidation sites excluding steroid dienone is 1. The number of aliphatic hydroxyl groups is 1. The third-order valence-electron chi connectivity index (χ3n) is 5.21. The van der Waals surface area contributed by atoms with Crippen molar-refractivity contribution in [3.05, 3.63) is 35.3 Å². The standard InChI is InChI=1S/C21H34N6O/c1-6-14(2)9-15-12-25-19(10-16(15)22)26-18(23)11-20(24-5)27-8-7-17(28)21(3,4)13-27/h9-12,17,24,28H,6-8,13H2,1-5H3,(H4,22,23,25,26)/b14-9?,20-11+. The largest absolute Gasteiger partial charge is 0.398 e. The maximum Gasteiger partial charge on any atom is 0.156 e. The molecule has 1 fully saturated rings. The van der Waals surface area contributed by atoms with E-state index in [-0.39, 0.29) is 11.5 Å². The average molecular weight is 387 g/mol. The summed E-state index contributed by atoms with van der Waals surface area (Å²) in [5, 5.41) is 13.3. The van der Waals surface area contributed by atoms with Crippen molar-refractivity contribution in [2.24, 2.45) is 16.1 Å². The highest BCUT2D eigenvalue weighted by Crippen LogP contribution is 2.30. The summed E-state index contributed by atoms with van der Waals surface area (Å²) < 4.78 is 0. The lowest BCUT2D eigenvalue weighted by atomic mass is 9.81. The van der Waals surface area contributed by atoms with E-state index in [1.165, 1.54) is 5.57 Å². The number of nitrogens with one attached hydrogen (secondary N) is 1. The number of aliphatic imine (C=N–C) groups is 1. The molecule has 0 saturated carbocycles. The lowest BCUT2D eigenvalue weighted by molar-refractivity contribution is -0.0154. The van der Waals surface area contributed by atoms with Crippen LogP contribution in [-0.4, -0.2) is 47.1 Å². The van der Waals surface area contributed by atoms with Crippen molar-refractivity contribution in [3.63, 3.8) is 0 Å². The summed E-state index contributed by atoms with van der Waals surface area (Å²) in [5.41, 5.74) is 14.8. The normalized spacial score (nSPS) is 21.0. The van der Waals surface area contributed by atoms with Crippen LogP contribution in [0.1, 0.15) is 46.1 Å². The van der Waals surface area contributed by atoms with Gasteiger partial charge in [0.2, 0.25) is 0 Å². The molecule has 2 rings (SSSR count). The Bertz CT molecular complexity index is 781. The number of hydrogen-bond donors (Lipinski definition) is 4. The SMILES string of the molecule is CCC(C)=Cc1cnc(N=C(N)/C=C(\NC)N2CCC(O)C(C)(C)C2)cc1N. The Labute approximate surface area is 168 Å². The van der Waals surface area contributed by atoms with Gasteiger partial charge in [-0.25, -0.2) is 9.98 Å². The van der Waals surface area contributed by atoms with E-state index in [1.54, 1.807) is 18.3 Å². The molecule has 0 radical (unpaired) electrons. The minimum absolute atomic E-state index is 0.184. The molecule has 2 heterocycles. The van der Waals surface area contributed by atoms with E-state index in [4.69, 9.17) is 11.5 Å². The Morgan fingerprint density at radius 3 is 2.79 bits per heavy atom. The lowest BCUT2D eigenvalue weighted by Gasteiger charge is -2.43. The third-order valence-corrected chi connectivity index (χ3v) is 5.21. The number of rotatable bonds is 6. The van der Waals surface area contributed by atoms with Crippen molar-refractivity contribution in [3.8, 4) is 0 Å². The molecule has 28 heavy (non-hydrogen) atoms. The topological polar surface area (TPSA) is 113 Å². The van der Waals surface area contributed by atoms with Gasteiger partial charge in [0.15, 0.2) is 5.82 Å². The molecule has 1 aromatic heterocycles. The van der Waals surface area contributed by atoms with E-state index in [9.17, 15) is 5.11 Å². The van der Waals surface area contributed by atoms with E-state index in [0.717, 1.165) is 30.9 Å². The number of amidine groups is 1. The molecule has 1 saturated heterocycles. The van der Waals surface area contributed by atoms with Crippen LogP contribution < -0.4 is 16.8 Å². The minimum Gasteiger partial charge on any atom is -0.398 e. The van der Waals surface area contributed by atoms with Crippen LogP contribution >= 0.6 is 0 Å². The van der Waals surface area contributed by atoms with Crippen LogP contribution in [0, 0.1) is 5.41 Å². The van der Waals surface area contributed by atoms with Gasteiger partial charge in [-0.3, -0.25) is 0 Å². The van der Waals surface area contributed by atoms with Gasteiger partial charge in [-0.1, -0.05) is 32.4 Å². The first-order valence-electron chi connectivity index (χ1n) is 9.75. The van der Waals surface area contributed by atoms with Crippen molar-refractivity contribution in [1.82, 2.24) is 15.2 Å². The predicted molar refractivity (Wildman–Crippen MR) is 117 cm³/mol. The molecule has 0 spiro atoms. The van der Waals surface area contributed by atoms with Crippen molar-refractivity contribution in [2.75, 3.05) is 25.9 Å². The Morgan fingerprint density at radius 1 is 1.50 bits per heavy atom. The average Bonchev–Trinajstić information content (AvgIpc) is 2.64. The molecule has 1 aromatic rings. The van der Waals surface area contributed by atoms with Gasteiger partial charge in [0.25, 0.3) is 0 Å². The van der Waals surface area contributed by atoms with E-state index in [1.807, 2.05) is 13.1 Å². The first kappa shape index (κ1) is 21.8. The van der Waals surface area contributed by atoms with Gasteiger partial charge in [-0.2, -0.15) is 0 Å². The zero-order chi connectivity index (χ0) is 20.9. The molecule has 0 bridgehead atoms. The summed E-state index contributed by atoms with van der Waals surface area (Å²) >= 11 is 0. The van der Waals surface area contributed by atoms with Crippen molar-refractivity contribution < 1.29 is 5.11 Å². The number of nitrogens with two attached hydrogens (primary N) is 2. The fraction of sp³-hybridized carbons (Fsp3) is 0.524. The number of hydrogen-bond acceptors (Lipinski definition) is 6. The number of nitrogens with zero attached hydrogens (tertiary/aromatic N) is 3. The van der Waals surface area contributed by atoms with Crippen LogP contribution in [0.25, 0.3) is 6.08 Å². The van der Waals surface area contributed by atoms with Crippen molar-refractivity contribution in [2.45, 2.75) is 46.6 Å². The number of nitrogen functional groups attached to an aromatic ring is 1. The highest BCUT2D eigenvalue weighted by atomic mass is 16.3. The highest BCUT2D eigenvalue weighted by molar-refractivity contribution is 5.93. The molecule has 1 unspecified atom stereocenters. The van der Waals surface area contributed by atoms with E-state index in [0.29, 0.717) is 23.8 Å². The summed E-state index contributed by atoms with van der Waals surface area (Å²) in [4.78, 5) is 10.9. The molecule has 7 heteroatoms. The fourth-order valence-electron chi connectivity index (χ4n) is 3.20. The number of pyridine rings is 1. The molecule has 1 aliphatic heterocycles. The number of likely N-dealkylation sites (tertiary alicyclic amines) is 1. The van der Waals surface area contributed by atoms with Crippen LogP contribution in [0.2, 0.25) is 0 Å². The van der Waals surface area contributed by atoms with Gasteiger partial charge < -0.3 is 26.8 Å². The second-order valence-electron chi connectivity index (χ2n) is 8.05. The summed E-state index contributed by atoms with van der Waals surface area (Å²) in [7, 11) is 1.85. The molecular weight excluding hydrogens is 352 g/mol. The maximum absolute atomic E-state index is 10.2. The van der Waals surface area contributed by atoms with Crippen molar-refractivity contribution in [1.29, 1.82) is 0 Å². The lowest BCUT2D eigenvalue weighted by Crippen LogP contribution is -2.49. The van der Waals surface area contributed by atoms with Crippen LogP contribution in [0.15, 0.2) is 34.7 Å². The quantitative estimate of drug-likeness (QED) is 0.442. The molecule has 1 aliphatic rings. The first-order valence-corrected chi connectivity index (χ1v) is 9.75. The molecule has 7 nitrogen and oxygen atoms in total. The maximum atomic E-state index is 10.2. The van der Waals surface area contributed by atoms with Crippen LogP contribution in [0.5, 0.6) is 0 Å². The van der Waals surface area contributed by atoms with E-state index < -0.39 is 0 Å². The van der Waals surface area contributed by atoms with Gasteiger partial charge in [0.1, 0.15) is 11.7 Å². The van der Waals surface area contributed by atoms with Gasteiger partial charge >= 0.3 is 0 Å². The molecule has 0 aliphatic carbocycles. The monoisotopic (exact) mass is 386 g/mol. The Kier molecular flexibility index (Phi) is 7.07. The Balaban J connectivity index is 2.20. The second-order valence-corrected chi connectivity index (χ2v) is 8.05. The molecule has 0 aromatic carbocycles. The zero-order valence-corrected chi connectivity index (χ0v) is 17.7. The fourth-order valence-corrected chi connectivity index (χ4v) is 3.20. The van der Waals surface area contributed by atoms with Crippen LogP contribution in [0.3, 0.4) is 0 Å². The summed E-state index contributed by atoms with van der Waals surface area (Å²) in [6.45, 7) is 9.79. The third kappa shape index (κ3) is 5.48. The summed E-state index contributed by atoms with van der Waals surface area (Å²) in [6, 6.07) is 1.73. The summed E-state index contributed by atoms with van der Waals surface area (Å²) in [5.74, 6) is 1.68. The molecular formula is C21H34N6O. The minimum atomic E-state index is -0.302. The predicted octanol–water partition coefficient (Wildman–Crippen LogP) is 2.62. The van der Waals surface area contributed by atoms with Gasteiger partial charge in [-0.15, -0.1) is 0 Å². The summed E-state index contributed by atoms with van der Waals surface area (Å²) in [6.07, 6.45) is 6.93. The Morgan fingerprint density at radius 2 is 2.21 bits per heavy atom. The van der Waals surface area contributed by atoms with Crippen LogP contribution in [-0.2, 0) is 0 Å². The molecule has 6 N–H and O–H groups in total. The van der Waals surface area contributed by atoms with Gasteiger partial charge in [0, 0.05) is 55.1 Å². The van der Waals surface area contributed by atoms with Gasteiger partial charge in [-0.05, 0) is 19.8 Å². The van der Waals surface area contributed by atoms with E-state index >= 15 is 0 Å².